The molecule has 0 saturated carbocycles. The number of para-hydroxylation sites is 1. The number of amides is 1. The highest BCUT2D eigenvalue weighted by atomic mass is 32.1. The number of rotatable bonds is 9. The number of carbonyl (C=O) groups excluding carboxylic acids is 1. The summed E-state index contributed by atoms with van der Waals surface area (Å²) < 4.78 is 12.1. The summed E-state index contributed by atoms with van der Waals surface area (Å²) in [5.74, 6) is -2.54. The standard InChI is InChI=1S/C26H30N4O10S/c1-12-6-3-4-7-15(12)30-22(27-28-26(30)38)13-10-14(23(35)29(2)8-5-9-41)17(11-16(13)31)39-25-20(34)18(32)19(33)21(40-25)24(36)37/h3-4,6-7,10-11,18-21,25,31-34,41H,5,8-9H2,1-2H3,(H,28,38)(H,36,37). The highest BCUT2D eigenvalue weighted by Crippen LogP contribution is 2.37. The first-order valence-electron chi connectivity index (χ1n) is 12.5. The van der Waals surface area contributed by atoms with Gasteiger partial charge in [-0.05, 0) is 36.8 Å². The number of hydrogen-bond acceptors (Lipinski definition) is 11. The van der Waals surface area contributed by atoms with Crippen LogP contribution >= 0.6 is 12.6 Å². The van der Waals surface area contributed by atoms with Crippen LogP contribution in [0.25, 0.3) is 17.1 Å². The van der Waals surface area contributed by atoms with Gasteiger partial charge in [-0.2, -0.15) is 17.7 Å². The maximum Gasteiger partial charge on any atom is 0.348 e. The smallest absolute Gasteiger partial charge is 0.348 e. The van der Waals surface area contributed by atoms with E-state index in [1.807, 2.05) is 0 Å². The number of H-pyrrole nitrogens is 1. The van der Waals surface area contributed by atoms with Crippen LogP contribution in [-0.2, 0) is 9.53 Å². The van der Waals surface area contributed by atoms with Crippen LogP contribution in [0.5, 0.6) is 11.5 Å². The van der Waals surface area contributed by atoms with Crippen molar-refractivity contribution in [1.29, 1.82) is 0 Å². The van der Waals surface area contributed by atoms with Crippen LogP contribution in [0, 0.1) is 6.92 Å². The van der Waals surface area contributed by atoms with Crippen molar-refractivity contribution >= 4 is 24.5 Å². The van der Waals surface area contributed by atoms with Gasteiger partial charge in [0.25, 0.3) is 5.91 Å². The second-order valence-electron chi connectivity index (χ2n) is 9.50. The van der Waals surface area contributed by atoms with E-state index in [2.05, 4.69) is 22.8 Å². The summed E-state index contributed by atoms with van der Waals surface area (Å²) in [6.45, 7) is 2.08. The minimum atomic E-state index is -1.95. The van der Waals surface area contributed by atoms with E-state index < -0.39 is 54.0 Å². The Morgan fingerprint density at radius 2 is 1.88 bits per heavy atom. The van der Waals surface area contributed by atoms with Crippen molar-refractivity contribution in [3.8, 4) is 28.6 Å². The molecule has 4 rings (SSSR count). The fourth-order valence-corrected chi connectivity index (χ4v) is 4.56. The predicted octanol–water partition coefficient (Wildman–Crippen LogP) is -0.0955. The van der Waals surface area contributed by atoms with Crippen molar-refractivity contribution in [1.82, 2.24) is 19.7 Å². The van der Waals surface area contributed by atoms with Crippen LogP contribution in [0.4, 0.5) is 0 Å². The van der Waals surface area contributed by atoms with Gasteiger partial charge in [-0.1, -0.05) is 18.2 Å². The van der Waals surface area contributed by atoms with E-state index in [0.717, 1.165) is 11.6 Å². The van der Waals surface area contributed by atoms with Crippen LogP contribution in [0.15, 0.2) is 41.2 Å². The molecule has 0 aliphatic carbocycles. The van der Waals surface area contributed by atoms with Gasteiger partial charge in [-0.15, -0.1) is 0 Å². The number of aliphatic carboxylic acids is 1. The Bertz CT molecular complexity index is 1490. The number of phenols is 1. The second kappa shape index (κ2) is 12.3. The third kappa shape index (κ3) is 5.94. The van der Waals surface area contributed by atoms with E-state index in [0.29, 0.717) is 24.4 Å². The minimum absolute atomic E-state index is 0.0150. The van der Waals surface area contributed by atoms with Gasteiger partial charge in [0.2, 0.25) is 6.29 Å². The molecular formula is C26H30N4O10S. The molecule has 0 radical (unpaired) electrons. The van der Waals surface area contributed by atoms with Gasteiger partial charge in [-0.3, -0.25) is 4.79 Å². The zero-order valence-corrected chi connectivity index (χ0v) is 22.9. The number of aromatic nitrogens is 3. The first-order valence-corrected chi connectivity index (χ1v) is 13.2. The summed E-state index contributed by atoms with van der Waals surface area (Å²) in [6, 6.07) is 9.24. The molecule has 2 aromatic carbocycles. The number of nitrogens with one attached hydrogen (secondary N) is 1. The molecule has 220 valence electrons. The van der Waals surface area contributed by atoms with Crippen LogP contribution in [0.2, 0.25) is 0 Å². The van der Waals surface area contributed by atoms with Gasteiger partial charge in [-0.25, -0.2) is 19.3 Å². The lowest BCUT2D eigenvalue weighted by Crippen LogP contribution is -2.61. The van der Waals surface area contributed by atoms with Gasteiger partial charge in [0.05, 0.1) is 16.8 Å². The summed E-state index contributed by atoms with van der Waals surface area (Å²) in [5, 5.41) is 57.4. The Kier molecular flexibility index (Phi) is 9.04. The molecule has 5 atom stereocenters. The lowest BCUT2D eigenvalue weighted by molar-refractivity contribution is -0.271. The summed E-state index contributed by atoms with van der Waals surface area (Å²) in [6.07, 6.45) is -9.06. The molecule has 1 fully saturated rings. The number of thiol groups is 1. The van der Waals surface area contributed by atoms with Crippen LogP contribution in [-0.4, -0.2) is 107 Å². The second-order valence-corrected chi connectivity index (χ2v) is 9.94. The van der Waals surface area contributed by atoms with Gasteiger partial charge < -0.3 is 39.9 Å². The molecule has 6 N–H and O–H groups in total. The first-order chi connectivity index (χ1) is 19.5. The largest absolute Gasteiger partial charge is 0.507 e. The molecule has 15 heteroatoms. The SMILES string of the molecule is Cc1ccccc1-n1c(-c2cc(C(=O)N(C)CCCS)c(OC3OC(C(=O)O)C(O)C(O)C3O)cc2O)n[nH]c1=O. The normalized spacial score (nSPS) is 22.3. The molecule has 3 aromatic rings. The number of carboxylic acid groups (broad SMARTS) is 1. The summed E-state index contributed by atoms with van der Waals surface area (Å²) in [4.78, 5) is 39.2. The number of aliphatic hydroxyl groups is 3. The summed E-state index contributed by atoms with van der Waals surface area (Å²) >= 11 is 4.17. The van der Waals surface area contributed by atoms with Crippen molar-refractivity contribution in [2.24, 2.45) is 0 Å². The fraction of sp³-hybridized carbons (Fsp3) is 0.385. The van der Waals surface area contributed by atoms with Crippen LogP contribution < -0.4 is 10.4 Å². The molecule has 1 aromatic heterocycles. The maximum atomic E-state index is 13.5. The van der Waals surface area contributed by atoms with Gasteiger partial charge in [0.15, 0.2) is 11.9 Å². The van der Waals surface area contributed by atoms with Crippen molar-refractivity contribution in [2.45, 2.75) is 44.1 Å². The van der Waals surface area contributed by atoms with Crippen LogP contribution in [0.3, 0.4) is 0 Å². The Hall–Kier alpha value is -3.89. The molecule has 1 amide bonds. The Morgan fingerprint density at radius 1 is 1.17 bits per heavy atom. The number of benzene rings is 2. The molecule has 1 aliphatic rings. The Morgan fingerprint density at radius 3 is 2.54 bits per heavy atom. The van der Waals surface area contributed by atoms with Gasteiger partial charge >= 0.3 is 11.7 Å². The Balaban J connectivity index is 1.83. The topological polar surface area (TPSA) is 208 Å². The minimum Gasteiger partial charge on any atom is -0.507 e. The van der Waals surface area contributed by atoms with E-state index in [1.165, 1.54) is 22.6 Å². The lowest BCUT2D eigenvalue weighted by Gasteiger charge is -2.38. The quantitative estimate of drug-likeness (QED) is 0.164. The number of aromatic amines is 1. The number of phenolic OH excluding ortho intramolecular Hbond substituents is 1. The molecule has 1 saturated heterocycles. The van der Waals surface area contributed by atoms with E-state index in [1.54, 1.807) is 31.2 Å². The number of aryl methyl sites for hydroxylation is 1. The predicted molar refractivity (Wildman–Crippen MR) is 146 cm³/mol. The van der Waals surface area contributed by atoms with Crippen LogP contribution in [0.1, 0.15) is 22.3 Å². The number of aromatic hydroxyl groups is 1. The highest BCUT2D eigenvalue weighted by molar-refractivity contribution is 7.80. The average molecular weight is 591 g/mol. The molecule has 0 bridgehead atoms. The zero-order chi connectivity index (χ0) is 30.0. The fourth-order valence-electron chi connectivity index (χ4n) is 4.42. The van der Waals surface area contributed by atoms with E-state index >= 15 is 0 Å². The Labute approximate surface area is 238 Å². The zero-order valence-electron chi connectivity index (χ0n) is 22.0. The number of hydrogen-bond donors (Lipinski definition) is 7. The summed E-state index contributed by atoms with van der Waals surface area (Å²) in [7, 11) is 1.52. The third-order valence-electron chi connectivity index (χ3n) is 6.65. The molecule has 5 unspecified atom stereocenters. The molecular weight excluding hydrogens is 560 g/mol. The average Bonchev–Trinajstić information content (AvgIpc) is 3.32. The molecule has 14 nitrogen and oxygen atoms in total. The van der Waals surface area contributed by atoms with Gasteiger partial charge in [0, 0.05) is 19.7 Å². The highest BCUT2D eigenvalue weighted by Gasteiger charge is 2.48. The number of aliphatic hydroxyl groups excluding tert-OH is 3. The van der Waals surface area contributed by atoms with Gasteiger partial charge in [0.1, 0.15) is 29.8 Å². The number of nitrogens with zero attached hydrogens (tertiary/aromatic N) is 3. The maximum absolute atomic E-state index is 13.5. The van der Waals surface area contributed by atoms with Crippen molar-refractivity contribution < 1.29 is 44.6 Å². The van der Waals surface area contributed by atoms with E-state index in [4.69, 9.17) is 9.47 Å². The number of carbonyl (C=O) groups is 2. The van der Waals surface area contributed by atoms with Crippen molar-refractivity contribution in [3.63, 3.8) is 0 Å². The first kappa shape index (κ1) is 30.1. The molecule has 0 spiro atoms. The molecule has 1 aliphatic heterocycles. The molecule has 2 heterocycles. The monoisotopic (exact) mass is 590 g/mol. The summed E-state index contributed by atoms with van der Waals surface area (Å²) in [5.41, 5.74) is 0.435. The number of carboxylic acids is 1. The van der Waals surface area contributed by atoms with E-state index in [9.17, 15) is 39.9 Å². The van der Waals surface area contributed by atoms with E-state index in [-0.39, 0.29) is 22.7 Å². The molecule has 41 heavy (non-hydrogen) atoms. The lowest BCUT2D eigenvalue weighted by atomic mass is 9.99. The van der Waals surface area contributed by atoms with Crippen molar-refractivity contribution in [3.05, 3.63) is 58.0 Å². The van der Waals surface area contributed by atoms with Crippen molar-refractivity contribution in [2.75, 3.05) is 19.3 Å². The number of ether oxygens (including phenoxy) is 2. The third-order valence-corrected chi connectivity index (χ3v) is 6.97.